The summed E-state index contributed by atoms with van der Waals surface area (Å²) in [7, 11) is 1.28. The molecule has 0 unspecified atom stereocenters. The van der Waals surface area contributed by atoms with Gasteiger partial charge in [0.1, 0.15) is 5.41 Å². The normalized spacial score (nSPS) is 14.1. The van der Waals surface area contributed by atoms with Crippen molar-refractivity contribution in [2.45, 2.75) is 33.6 Å². The zero-order valence-corrected chi connectivity index (χ0v) is 16.5. The van der Waals surface area contributed by atoms with Gasteiger partial charge in [0, 0.05) is 5.69 Å². The maximum absolute atomic E-state index is 12.9. The zero-order valence-electron chi connectivity index (χ0n) is 16.5. The van der Waals surface area contributed by atoms with Crippen LogP contribution in [0.5, 0.6) is 0 Å². The monoisotopic (exact) mass is 380 g/mol. The predicted molar refractivity (Wildman–Crippen MR) is 107 cm³/mol. The van der Waals surface area contributed by atoms with Crippen LogP contribution in [0, 0.1) is 26.2 Å². The first-order valence-corrected chi connectivity index (χ1v) is 9.16. The number of hydrogen-bond donors (Lipinski definition) is 2. The van der Waals surface area contributed by atoms with Crippen LogP contribution < -0.4 is 10.6 Å². The summed E-state index contributed by atoms with van der Waals surface area (Å²) >= 11 is 0. The molecule has 2 aromatic rings. The van der Waals surface area contributed by atoms with Crippen molar-refractivity contribution in [3.63, 3.8) is 0 Å². The molecule has 146 valence electrons. The number of para-hydroxylation sites is 1. The fourth-order valence-electron chi connectivity index (χ4n) is 3.41. The van der Waals surface area contributed by atoms with Crippen molar-refractivity contribution in [2.24, 2.45) is 5.41 Å². The minimum absolute atomic E-state index is 0.250. The predicted octanol–water partition coefficient (Wildman–Crippen LogP) is 3.76. The Morgan fingerprint density at radius 1 is 0.929 bits per heavy atom. The number of esters is 1. The smallest absolute Gasteiger partial charge is 0.339 e. The lowest BCUT2D eigenvalue weighted by Gasteiger charge is -2.19. The van der Waals surface area contributed by atoms with Gasteiger partial charge < -0.3 is 15.4 Å². The van der Waals surface area contributed by atoms with Crippen molar-refractivity contribution >= 4 is 29.2 Å². The molecule has 0 radical (unpaired) electrons. The van der Waals surface area contributed by atoms with Crippen LogP contribution in [-0.2, 0) is 14.3 Å². The van der Waals surface area contributed by atoms with E-state index < -0.39 is 17.3 Å². The van der Waals surface area contributed by atoms with Gasteiger partial charge in [-0.15, -0.1) is 0 Å². The summed E-state index contributed by atoms with van der Waals surface area (Å²) in [6, 6.07) is 10.6. The molecular weight excluding hydrogens is 356 g/mol. The number of amides is 2. The van der Waals surface area contributed by atoms with Gasteiger partial charge in [0.2, 0.25) is 11.8 Å². The maximum atomic E-state index is 12.9. The molecule has 0 heterocycles. The quantitative estimate of drug-likeness (QED) is 0.611. The van der Waals surface area contributed by atoms with Crippen molar-refractivity contribution in [3.8, 4) is 0 Å². The molecule has 0 saturated heterocycles. The molecular formula is C22H24N2O4. The molecule has 1 aliphatic rings. The zero-order chi connectivity index (χ0) is 20.5. The third-order valence-electron chi connectivity index (χ3n) is 5.12. The molecule has 6 heteroatoms. The summed E-state index contributed by atoms with van der Waals surface area (Å²) in [4.78, 5) is 37.7. The summed E-state index contributed by atoms with van der Waals surface area (Å²) in [6.45, 7) is 5.86. The van der Waals surface area contributed by atoms with Crippen LogP contribution in [0.1, 0.15) is 39.9 Å². The lowest BCUT2D eigenvalue weighted by Crippen LogP contribution is -2.36. The van der Waals surface area contributed by atoms with Gasteiger partial charge in [-0.3, -0.25) is 9.59 Å². The van der Waals surface area contributed by atoms with Gasteiger partial charge in [-0.1, -0.05) is 29.8 Å². The molecule has 1 fully saturated rings. The summed E-state index contributed by atoms with van der Waals surface area (Å²) in [5.41, 5.74) is 3.24. The molecule has 0 spiro atoms. The molecule has 3 rings (SSSR count). The van der Waals surface area contributed by atoms with Crippen LogP contribution in [0.15, 0.2) is 36.4 Å². The molecule has 0 aromatic heterocycles. The second-order valence-corrected chi connectivity index (χ2v) is 7.30. The van der Waals surface area contributed by atoms with E-state index in [-0.39, 0.29) is 11.5 Å². The maximum Gasteiger partial charge on any atom is 0.339 e. The minimum Gasteiger partial charge on any atom is -0.465 e. The van der Waals surface area contributed by atoms with Gasteiger partial charge in [0.05, 0.1) is 18.4 Å². The van der Waals surface area contributed by atoms with E-state index in [1.165, 1.54) is 7.11 Å². The van der Waals surface area contributed by atoms with Crippen molar-refractivity contribution in [1.82, 2.24) is 0 Å². The number of ether oxygens (including phenoxy) is 1. The van der Waals surface area contributed by atoms with Crippen molar-refractivity contribution in [2.75, 3.05) is 17.7 Å². The molecule has 2 amide bonds. The Balaban J connectivity index is 1.80. The molecule has 0 bridgehead atoms. The molecule has 28 heavy (non-hydrogen) atoms. The Kier molecular flexibility index (Phi) is 5.23. The van der Waals surface area contributed by atoms with Gasteiger partial charge in [0.15, 0.2) is 0 Å². The summed E-state index contributed by atoms with van der Waals surface area (Å²) in [5.74, 6) is -1.28. The minimum atomic E-state index is -1.12. The van der Waals surface area contributed by atoms with Gasteiger partial charge >= 0.3 is 5.97 Å². The van der Waals surface area contributed by atoms with E-state index in [1.54, 1.807) is 24.3 Å². The Hall–Kier alpha value is -3.15. The number of hydrogen-bond acceptors (Lipinski definition) is 4. The fourth-order valence-corrected chi connectivity index (χ4v) is 3.41. The Morgan fingerprint density at radius 2 is 1.50 bits per heavy atom. The van der Waals surface area contributed by atoms with E-state index in [1.807, 2.05) is 32.9 Å². The number of nitrogens with one attached hydrogen (secondary N) is 2. The SMILES string of the molecule is COC(=O)c1ccccc1NC(=O)C1(C(=O)Nc2c(C)cc(C)cc2C)CC1. The largest absolute Gasteiger partial charge is 0.465 e. The van der Waals surface area contributed by atoms with Crippen LogP contribution in [0.3, 0.4) is 0 Å². The van der Waals surface area contributed by atoms with Gasteiger partial charge in [-0.2, -0.15) is 0 Å². The standard InChI is InChI=1S/C22H24N2O4/c1-13-11-14(2)18(15(3)12-13)24-21(27)22(9-10-22)20(26)23-17-8-6-5-7-16(17)19(25)28-4/h5-8,11-12H,9-10H2,1-4H3,(H,23,26)(H,24,27). The fraction of sp³-hybridized carbons (Fsp3) is 0.318. The second-order valence-electron chi connectivity index (χ2n) is 7.30. The van der Waals surface area contributed by atoms with Crippen molar-refractivity contribution < 1.29 is 19.1 Å². The number of carbonyl (C=O) groups excluding carboxylic acids is 3. The Bertz CT molecular complexity index is 938. The first kappa shape index (κ1) is 19.6. The third-order valence-corrected chi connectivity index (χ3v) is 5.12. The van der Waals surface area contributed by atoms with Gasteiger partial charge in [0.25, 0.3) is 0 Å². The number of benzene rings is 2. The van der Waals surface area contributed by atoms with E-state index in [0.717, 1.165) is 22.4 Å². The van der Waals surface area contributed by atoms with Crippen LogP contribution in [0.2, 0.25) is 0 Å². The molecule has 0 aliphatic heterocycles. The highest BCUT2D eigenvalue weighted by atomic mass is 16.5. The van der Waals surface area contributed by atoms with Crippen LogP contribution in [0.25, 0.3) is 0 Å². The number of methoxy groups -OCH3 is 1. The van der Waals surface area contributed by atoms with E-state index in [0.29, 0.717) is 18.5 Å². The van der Waals surface area contributed by atoms with Crippen molar-refractivity contribution in [1.29, 1.82) is 0 Å². The molecule has 1 saturated carbocycles. The lowest BCUT2D eigenvalue weighted by atomic mass is 10.0. The van der Waals surface area contributed by atoms with Crippen LogP contribution in [0.4, 0.5) is 11.4 Å². The highest BCUT2D eigenvalue weighted by molar-refractivity contribution is 6.18. The number of carbonyl (C=O) groups is 3. The topological polar surface area (TPSA) is 84.5 Å². The average Bonchev–Trinajstić information content (AvgIpc) is 3.46. The van der Waals surface area contributed by atoms with E-state index in [4.69, 9.17) is 4.74 Å². The average molecular weight is 380 g/mol. The first-order valence-electron chi connectivity index (χ1n) is 9.16. The molecule has 0 atom stereocenters. The summed E-state index contributed by atoms with van der Waals surface area (Å²) in [6.07, 6.45) is 0.935. The number of aryl methyl sites for hydroxylation is 3. The molecule has 2 aromatic carbocycles. The van der Waals surface area contributed by atoms with E-state index in [9.17, 15) is 14.4 Å². The van der Waals surface area contributed by atoms with Gasteiger partial charge in [-0.25, -0.2) is 4.79 Å². The highest BCUT2D eigenvalue weighted by Crippen LogP contribution is 2.48. The highest BCUT2D eigenvalue weighted by Gasteiger charge is 2.56. The lowest BCUT2D eigenvalue weighted by molar-refractivity contribution is -0.131. The molecule has 2 N–H and O–H groups in total. The Morgan fingerprint density at radius 3 is 2.07 bits per heavy atom. The number of anilines is 2. The van der Waals surface area contributed by atoms with Crippen LogP contribution >= 0.6 is 0 Å². The summed E-state index contributed by atoms with van der Waals surface area (Å²) in [5, 5.41) is 5.67. The summed E-state index contributed by atoms with van der Waals surface area (Å²) < 4.78 is 4.75. The second kappa shape index (κ2) is 7.46. The molecule has 1 aliphatic carbocycles. The van der Waals surface area contributed by atoms with Crippen molar-refractivity contribution in [3.05, 3.63) is 58.7 Å². The van der Waals surface area contributed by atoms with Crippen LogP contribution in [-0.4, -0.2) is 24.9 Å². The first-order chi connectivity index (χ1) is 13.3. The molecule has 6 nitrogen and oxygen atoms in total. The van der Waals surface area contributed by atoms with E-state index >= 15 is 0 Å². The Labute approximate surface area is 164 Å². The number of rotatable bonds is 5. The van der Waals surface area contributed by atoms with E-state index in [2.05, 4.69) is 10.6 Å². The van der Waals surface area contributed by atoms with Gasteiger partial charge in [-0.05, 0) is 56.9 Å². The third kappa shape index (κ3) is 3.63.